The topological polar surface area (TPSA) is 43.1 Å². The van der Waals surface area contributed by atoms with Crippen molar-refractivity contribution in [1.29, 1.82) is 0 Å². The Hall–Kier alpha value is -0.870. The third-order valence-electron chi connectivity index (χ3n) is 3.80. The van der Waals surface area contributed by atoms with Crippen LogP contribution in [0.15, 0.2) is 23.8 Å². The molecule has 0 bridgehead atoms. The summed E-state index contributed by atoms with van der Waals surface area (Å²) in [5.41, 5.74) is 2.14. The van der Waals surface area contributed by atoms with Crippen molar-refractivity contribution in [2.45, 2.75) is 32.1 Å². The average molecular weight is 359 g/mol. The van der Waals surface area contributed by atoms with Gasteiger partial charge in [0.15, 0.2) is 0 Å². The van der Waals surface area contributed by atoms with Gasteiger partial charge >= 0.3 is 0 Å². The van der Waals surface area contributed by atoms with Crippen LogP contribution >= 0.6 is 27.5 Å². The number of nitro benzene ring substituents is 1. The predicted molar refractivity (Wildman–Crippen MR) is 86.5 cm³/mol. The van der Waals surface area contributed by atoms with Crippen molar-refractivity contribution in [2.75, 3.05) is 5.33 Å². The van der Waals surface area contributed by atoms with E-state index in [2.05, 4.69) is 22.0 Å². The normalized spacial score (nSPS) is 17.2. The molecule has 0 radical (unpaired) electrons. The number of benzene rings is 1. The quantitative estimate of drug-likeness (QED) is 0.399. The fourth-order valence-corrected chi connectivity index (χ4v) is 3.52. The highest BCUT2D eigenvalue weighted by Gasteiger charge is 2.18. The highest BCUT2D eigenvalue weighted by molar-refractivity contribution is 9.09. The molecule has 0 atom stereocenters. The molecule has 0 saturated heterocycles. The van der Waals surface area contributed by atoms with E-state index in [1.54, 1.807) is 12.1 Å². The van der Waals surface area contributed by atoms with Gasteiger partial charge in [0.1, 0.15) is 5.02 Å². The van der Waals surface area contributed by atoms with Gasteiger partial charge in [0, 0.05) is 11.4 Å². The van der Waals surface area contributed by atoms with Crippen LogP contribution in [0.2, 0.25) is 5.02 Å². The summed E-state index contributed by atoms with van der Waals surface area (Å²) in [6.07, 6.45) is 8.36. The summed E-state index contributed by atoms with van der Waals surface area (Å²) in [7, 11) is 0. The molecule has 5 heteroatoms. The van der Waals surface area contributed by atoms with Crippen LogP contribution in [0.25, 0.3) is 6.08 Å². The molecule has 2 rings (SSSR count). The zero-order chi connectivity index (χ0) is 14.5. The maximum absolute atomic E-state index is 10.9. The van der Waals surface area contributed by atoms with Crippen molar-refractivity contribution in [3.05, 3.63) is 44.5 Å². The van der Waals surface area contributed by atoms with Crippen LogP contribution in [0.4, 0.5) is 5.69 Å². The average Bonchev–Trinajstić information content (AvgIpc) is 2.47. The highest BCUT2D eigenvalue weighted by atomic mass is 79.9. The standard InChI is InChI=1S/C15H17BrClNO2/c16-10-13(12-4-2-1-3-5-12)8-11-6-7-14(17)15(9-11)18(19)20/h6-9,12H,1-5,10H2/b13-8-. The number of hydrogen-bond acceptors (Lipinski definition) is 2. The number of hydrogen-bond donors (Lipinski definition) is 0. The summed E-state index contributed by atoms with van der Waals surface area (Å²) in [5, 5.41) is 11.9. The molecule has 1 aromatic rings. The smallest absolute Gasteiger partial charge is 0.258 e. The molecule has 0 aromatic heterocycles. The molecule has 0 aliphatic heterocycles. The van der Waals surface area contributed by atoms with Gasteiger partial charge in [-0.05, 0) is 30.4 Å². The van der Waals surface area contributed by atoms with Gasteiger partial charge in [0.05, 0.1) is 4.92 Å². The van der Waals surface area contributed by atoms with Crippen LogP contribution < -0.4 is 0 Å². The van der Waals surface area contributed by atoms with Crippen molar-refractivity contribution >= 4 is 39.3 Å². The molecular formula is C15H17BrClNO2. The number of nitro groups is 1. The predicted octanol–water partition coefficient (Wildman–Crippen LogP) is 5.61. The molecule has 1 fully saturated rings. The molecule has 0 heterocycles. The van der Waals surface area contributed by atoms with Crippen molar-refractivity contribution in [3.8, 4) is 0 Å². The highest BCUT2D eigenvalue weighted by Crippen LogP contribution is 2.33. The van der Waals surface area contributed by atoms with E-state index < -0.39 is 4.92 Å². The van der Waals surface area contributed by atoms with Crippen LogP contribution in [0.1, 0.15) is 37.7 Å². The molecule has 1 aliphatic rings. The summed E-state index contributed by atoms with van der Waals surface area (Å²) in [6, 6.07) is 4.98. The third-order valence-corrected chi connectivity index (χ3v) is 4.77. The molecule has 0 unspecified atom stereocenters. The Bertz CT molecular complexity index is 525. The Morgan fingerprint density at radius 2 is 2.10 bits per heavy atom. The van der Waals surface area contributed by atoms with Crippen LogP contribution in [0.5, 0.6) is 0 Å². The van der Waals surface area contributed by atoms with Crippen LogP contribution in [-0.2, 0) is 0 Å². The minimum Gasteiger partial charge on any atom is -0.258 e. The van der Waals surface area contributed by atoms with Gasteiger partial charge < -0.3 is 0 Å². The first kappa shape index (κ1) is 15.5. The first-order chi connectivity index (χ1) is 9.61. The van der Waals surface area contributed by atoms with Crippen LogP contribution in [-0.4, -0.2) is 10.3 Å². The summed E-state index contributed by atoms with van der Waals surface area (Å²) in [6.45, 7) is 0. The van der Waals surface area contributed by atoms with Crippen molar-refractivity contribution < 1.29 is 4.92 Å². The first-order valence-electron chi connectivity index (χ1n) is 6.82. The summed E-state index contributed by atoms with van der Waals surface area (Å²) >= 11 is 9.38. The second-order valence-electron chi connectivity index (χ2n) is 5.16. The zero-order valence-electron chi connectivity index (χ0n) is 11.1. The second kappa shape index (κ2) is 7.23. The number of halogens is 2. The molecule has 20 heavy (non-hydrogen) atoms. The lowest BCUT2D eigenvalue weighted by Crippen LogP contribution is -2.10. The Morgan fingerprint density at radius 3 is 2.70 bits per heavy atom. The minimum absolute atomic E-state index is 0.0296. The SMILES string of the molecule is O=[N+]([O-])c1cc(/C=C(/CBr)C2CCCCC2)ccc1Cl. The lowest BCUT2D eigenvalue weighted by Gasteiger charge is -2.23. The lowest BCUT2D eigenvalue weighted by molar-refractivity contribution is -0.384. The van der Waals surface area contributed by atoms with E-state index in [1.165, 1.54) is 37.7 Å². The third kappa shape index (κ3) is 3.83. The van der Waals surface area contributed by atoms with Gasteiger partial charge in [0.2, 0.25) is 0 Å². The van der Waals surface area contributed by atoms with E-state index >= 15 is 0 Å². The molecule has 0 N–H and O–H groups in total. The first-order valence-corrected chi connectivity index (χ1v) is 8.32. The summed E-state index contributed by atoms with van der Waals surface area (Å²) in [4.78, 5) is 10.5. The molecular weight excluding hydrogens is 342 g/mol. The summed E-state index contributed by atoms with van der Waals surface area (Å²) < 4.78 is 0. The number of allylic oxidation sites excluding steroid dienone is 1. The van der Waals surface area contributed by atoms with Gasteiger partial charge in [-0.1, -0.05) is 64.5 Å². The molecule has 0 spiro atoms. The van der Waals surface area contributed by atoms with Gasteiger partial charge in [-0.25, -0.2) is 0 Å². The van der Waals surface area contributed by atoms with Crippen molar-refractivity contribution in [2.24, 2.45) is 5.92 Å². The van der Waals surface area contributed by atoms with Gasteiger partial charge in [-0.2, -0.15) is 0 Å². The van der Waals surface area contributed by atoms with Crippen molar-refractivity contribution in [3.63, 3.8) is 0 Å². The van der Waals surface area contributed by atoms with Gasteiger partial charge in [0.25, 0.3) is 5.69 Å². The van der Waals surface area contributed by atoms with Crippen LogP contribution in [0, 0.1) is 16.0 Å². The molecule has 1 aromatic carbocycles. The van der Waals surface area contributed by atoms with E-state index in [-0.39, 0.29) is 10.7 Å². The van der Waals surface area contributed by atoms with E-state index in [0.29, 0.717) is 5.92 Å². The molecule has 0 amide bonds. The van der Waals surface area contributed by atoms with E-state index in [4.69, 9.17) is 11.6 Å². The molecule has 108 valence electrons. The number of nitrogens with zero attached hydrogens (tertiary/aromatic N) is 1. The maximum atomic E-state index is 10.9. The Labute approximate surface area is 132 Å². The van der Waals surface area contributed by atoms with E-state index in [1.807, 2.05) is 6.07 Å². The monoisotopic (exact) mass is 357 g/mol. The second-order valence-corrected chi connectivity index (χ2v) is 6.12. The molecule has 1 saturated carbocycles. The zero-order valence-corrected chi connectivity index (χ0v) is 13.5. The Balaban J connectivity index is 2.27. The largest absolute Gasteiger partial charge is 0.288 e. The lowest BCUT2D eigenvalue weighted by atomic mass is 9.84. The maximum Gasteiger partial charge on any atom is 0.288 e. The fraction of sp³-hybridized carbons (Fsp3) is 0.467. The summed E-state index contributed by atoms with van der Waals surface area (Å²) in [5.74, 6) is 0.595. The number of rotatable bonds is 4. The minimum atomic E-state index is -0.436. The van der Waals surface area contributed by atoms with E-state index in [0.717, 1.165) is 10.9 Å². The fourth-order valence-electron chi connectivity index (χ4n) is 2.71. The number of alkyl halides is 1. The van der Waals surface area contributed by atoms with E-state index in [9.17, 15) is 10.1 Å². The van der Waals surface area contributed by atoms with Gasteiger partial charge in [-0.15, -0.1) is 0 Å². The Kier molecular flexibility index (Phi) is 5.61. The Morgan fingerprint density at radius 1 is 1.40 bits per heavy atom. The van der Waals surface area contributed by atoms with Crippen LogP contribution in [0.3, 0.4) is 0 Å². The van der Waals surface area contributed by atoms with Crippen molar-refractivity contribution in [1.82, 2.24) is 0 Å². The van der Waals surface area contributed by atoms with Gasteiger partial charge in [-0.3, -0.25) is 10.1 Å². The molecule has 1 aliphatic carbocycles. The molecule has 3 nitrogen and oxygen atoms in total.